The van der Waals surface area contributed by atoms with Gasteiger partial charge in [-0.3, -0.25) is 4.90 Å². The van der Waals surface area contributed by atoms with Gasteiger partial charge in [0.25, 0.3) is 0 Å². The van der Waals surface area contributed by atoms with E-state index in [-0.39, 0.29) is 0 Å². The first-order valence-electron chi connectivity index (χ1n) is 5.82. The molecular formula is C11H22N2. The molecule has 2 aliphatic rings. The number of nitrogens with one attached hydrogen (secondary N) is 1. The molecule has 0 bridgehead atoms. The summed E-state index contributed by atoms with van der Waals surface area (Å²) in [5.41, 5.74) is 0. The lowest BCUT2D eigenvalue weighted by Crippen LogP contribution is -2.42. The normalized spacial score (nSPS) is 31.6. The molecule has 1 atom stereocenters. The fourth-order valence-electron chi connectivity index (χ4n) is 3.03. The van der Waals surface area contributed by atoms with Crippen molar-refractivity contribution in [2.75, 3.05) is 20.1 Å². The quantitative estimate of drug-likeness (QED) is 0.713. The zero-order valence-electron chi connectivity index (χ0n) is 8.76. The molecule has 1 saturated carbocycles. The van der Waals surface area contributed by atoms with Crippen LogP contribution in [0.25, 0.3) is 0 Å². The van der Waals surface area contributed by atoms with Gasteiger partial charge < -0.3 is 5.32 Å². The van der Waals surface area contributed by atoms with Crippen LogP contribution in [-0.4, -0.2) is 37.1 Å². The number of likely N-dealkylation sites (tertiary alicyclic amines) is 1. The molecule has 76 valence electrons. The average molecular weight is 182 g/mol. The number of hydrogen-bond acceptors (Lipinski definition) is 2. The lowest BCUT2D eigenvalue weighted by Gasteiger charge is -2.30. The Hall–Kier alpha value is -0.0800. The van der Waals surface area contributed by atoms with E-state index in [0.717, 1.165) is 12.1 Å². The van der Waals surface area contributed by atoms with Crippen LogP contribution in [0.3, 0.4) is 0 Å². The molecule has 1 aliphatic carbocycles. The molecule has 1 unspecified atom stereocenters. The Bertz CT molecular complexity index is 152. The van der Waals surface area contributed by atoms with Gasteiger partial charge >= 0.3 is 0 Å². The highest BCUT2D eigenvalue weighted by molar-refractivity contribution is 4.87. The molecule has 2 heteroatoms. The minimum Gasteiger partial charge on any atom is -0.318 e. The molecule has 0 aromatic carbocycles. The predicted octanol–water partition coefficient (Wildman–Crippen LogP) is 1.61. The van der Waals surface area contributed by atoms with Crippen molar-refractivity contribution in [3.63, 3.8) is 0 Å². The molecule has 13 heavy (non-hydrogen) atoms. The third-order valence-electron chi connectivity index (χ3n) is 3.66. The summed E-state index contributed by atoms with van der Waals surface area (Å²) in [4.78, 5) is 2.77. The van der Waals surface area contributed by atoms with Gasteiger partial charge in [-0.25, -0.2) is 0 Å². The van der Waals surface area contributed by atoms with Gasteiger partial charge in [-0.15, -0.1) is 0 Å². The van der Waals surface area contributed by atoms with Crippen LogP contribution in [0.1, 0.15) is 38.5 Å². The maximum Gasteiger partial charge on any atom is 0.0223 e. The standard InChI is InChI=1S/C11H22N2/c1-12-9-11-7-4-8-13(11)10-5-2-3-6-10/h10-12H,2-9H2,1H3. The molecule has 1 aliphatic heterocycles. The van der Waals surface area contributed by atoms with E-state index in [1.54, 1.807) is 0 Å². The van der Waals surface area contributed by atoms with Crippen LogP contribution in [-0.2, 0) is 0 Å². The molecule has 0 aromatic rings. The van der Waals surface area contributed by atoms with E-state index >= 15 is 0 Å². The van der Waals surface area contributed by atoms with Gasteiger partial charge in [-0.1, -0.05) is 12.8 Å². The first kappa shape index (κ1) is 9.47. The Morgan fingerprint density at radius 1 is 1.15 bits per heavy atom. The molecule has 2 rings (SSSR count). The van der Waals surface area contributed by atoms with E-state index in [1.165, 1.54) is 51.6 Å². The summed E-state index contributed by atoms with van der Waals surface area (Å²) in [6, 6.07) is 1.77. The van der Waals surface area contributed by atoms with Crippen molar-refractivity contribution in [2.45, 2.75) is 50.6 Å². The van der Waals surface area contributed by atoms with Crippen molar-refractivity contribution in [3.05, 3.63) is 0 Å². The fraction of sp³-hybridized carbons (Fsp3) is 1.00. The number of nitrogens with zero attached hydrogens (tertiary/aromatic N) is 1. The summed E-state index contributed by atoms with van der Waals surface area (Å²) in [5, 5.41) is 3.32. The van der Waals surface area contributed by atoms with Crippen LogP contribution in [0.5, 0.6) is 0 Å². The molecule has 1 heterocycles. The van der Waals surface area contributed by atoms with Crippen LogP contribution in [0.4, 0.5) is 0 Å². The second kappa shape index (κ2) is 4.43. The lowest BCUT2D eigenvalue weighted by molar-refractivity contribution is 0.180. The zero-order valence-corrected chi connectivity index (χ0v) is 8.76. The van der Waals surface area contributed by atoms with Gasteiger partial charge in [0.1, 0.15) is 0 Å². The van der Waals surface area contributed by atoms with E-state index in [0.29, 0.717) is 0 Å². The fourth-order valence-corrected chi connectivity index (χ4v) is 3.03. The van der Waals surface area contributed by atoms with Gasteiger partial charge in [0.2, 0.25) is 0 Å². The molecule has 1 saturated heterocycles. The zero-order chi connectivity index (χ0) is 9.10. The topological polar surface area (TPSA) is 15.3 Å². The molecule has 2 nitrogen and oxygen atoms in total. The Balaban J connectivity index is 1.88. The molecule has 1 N–H and O–H groups in total. The number of hydrogen-bond donors (Lipinski definition) is 1. The summed E-state index contributed by atoms with van der Waals surface area (Å²) in [7, 11) is 2.07. The first-order valence-corrected chi connectivity index (χ1v) is 5.82. The Morgan fingerprint density at radius 3 is 2.62 bits per heavy atom. The Kier molecular flexibility index (Phi) is 3.23. The highest BCUT2D eigenvalue weighted by Crippen LogP contribution is 2.29. The van der Waals surface area contributed by atoms with E-state index in [9.17, 15) is 0 Å². The van der Waals surface area contributed by atoms with Gasteiger partial charge in [0.15, 0.2) is 0 Å². The third kappa shape index (κ3) is 2.05. The van der Waals surface area contributed by atoms with E-state index in [2.05, 4.69) is 17.3 Å². The maximum absolute atomic E-state index is 3.32. The van der Waals surface area contributed by atoms with Crippen molar-refractivity contribution in [1.82, 2.24) is 10.2 Å². The molecule has 2 fully saturated rings. The Morgan fingerprint density at radius 2 is 1.92 bits per heavy atom. The second-order valence-corrected chi connectivity index (χ2v) is 4.53. The monoisotopic (exact) mass is 182 g/mol. The van der Waals surface area contributed by atoms with Crippen LogP contribution in [0.2, 0.25) is 0 Å². The largest absolute Gasteiger partial charge is 0.318 e. The summed E-state index contributed by atoms with van der Waals surface area (Å²) >= 11 is 0. The average Bonchev–Trinajstić information content (AvgIpc) is 2.71. The van der Waals surface area contributed by atoms with Crippen LogP contribution >= 0.6 is 0 Å². The highest BCUT2D eigenvalue weighted by atomic mass is 15.2. The summed E-state index contributed by atoms with van der Waals surface area (Å²) in [6.45, 7) is 2.55. The molecule has 0 spiro atoms. The SMILES string of the molecule is CNCC1CCCN1C1CCCC1. The number of likely N-dealkylation sites (N-methyl/N-ethyl adjacent to an activating group) is 1. The van der Waals surface area contributed by atoms with Crippen molar-refractivity contribution < 1.29 is 0 Å². The highest BCUT2D eigenvalue weighted by Gasteiger charge is 2.31. The molecular weight excluding hydrogens is 160 g/mol. The third-order valence-corrected chi connectivity index (χ3v) is 3.66. The van der Waals surface area contributed by atoms with Crippen LogP contribution < -0.4 is 5.32 Å². The molecule has 0 amide bonds. The van der Waals surface area contributed by atoms with Crippen molar-refractivity contribution in [1.29, 1.82) is 0 Å². The van der Waals surface area contributed by atoms with E-state index in [1.807, 2.05) is 0 Å². The van der Waals surface area contributed by atoms with Gasteiger partial charge in [0.05, 0.1) is 0 Å². The van der Waals surface area contributed by atoms with Crippen LogP contribution in [0.15, 0.2) is 0 Å². The minimum atomic E-state index is 0.841. The summed E-state index contributed by atoms with van der Waals surface area (Å²) < 4.78 is 0. The Labute approximate surface area is 81.7 Å². The van der Waals surface area contributed by atoms with Gasteiger partial charge in [-0.2, -0.15) is 0 Å². The summed E-state index contributed by atoms with van der Waals surface area (Å²) in [6.07, 6.45) is 8.68. The van der Waals surface area contributed by atoms with Gasteiger partial charge in [-0.05, 0) is 39.3 Å². The first-order chi connectivity index (χ1) is 6.42. The minimum absolute atomic E-state index is 0.841. The van der Waals surface area contributed by atoms with E-state index < -0.39 is 0 Å². The van der Waals surface area contributed by atoms with Crippen LogP contribution in [0, 0.1) is 0 Å². The maximum atomic E-state index is 3.32. The molecule has 0 radical (unpaired) electrons. The lowest BCUT2D eigenvalue weighted by atomic mass is 10.1. The van der Waals surface area contributed by atoms with Gasteiger partial charge in [0, 0.05) is 18.6 Å². The van der Waals surface area contributed by atoms with Crippen molar-refractivity contribution >= 4 is 0 Å². The van der Waals surface area contributed by atoms with Crippen molar-refractivity contribution in [3.8, 4) is 0 Å². The van der Waals surface area contributed by atoms with E-state index in [4.69, 9.17) is 0 Å². The second-order valence-electron chi connectivity index (χ2n) is 4.53. The molecule has 0 aromatic heterocycles. The van der Waals surface area contributed by atoms with Crippen molar-refractivity contribution in [2.24, 2.45) is 0 Å². The predicted molar refractivity (Wildman–Crippen MR) is 55.9 cm³/mol. The summed E-state index contributed by atoms with van der Waals surface area (Å²) in [5.74, 6) is 0. The number of rotatable bonds is 3. The smallest absolute Gasteiger partial charge is 0.0223 e.